The molecule has 2 aliphatic rings. The Hall–Kier alpha value is -2.37. The van der Waals surface area contributed by atoms with Gasteiger partial charge in [0.15, 0.2) is 0 Å². The summed E-state index contributed by atoms with van der Waals surface area (Å²) in [6.07, 6.45) is 2.94. The number of benzene rings is 1. The summed E-state index contributed by atoms with van der Waals surface area (Å²) in [4.78, 5) is 38.8. The van der Waals surface area contributed by atoms with E-state index in [1.165, 1.54) is 7.05 Å². The molecule has 0 spiro atoms. The Kier molecular flexibility index (Phi) is 3.83. The van der Waals surface area contributed by atoms with Crippen molar-refractivity contribution in [1.82, 2.24) is 4.90 Å². The summed E-state index contributed by atoms with van der Waals surface area (Å²) in [7, 11) is 1.48. The fourth-order valence-electron chi connectivity index (χ4n) is 3.64. The van der Waals surface area contributed by atoms with Gasteiger partial charge in [0.2, 0.25) is 11.8 Å². The van der Waals surface area contributed by atoms with Crippen LogP contribution in [0, 0.1) is 0 Å². The minimum absolute atomic E-state index is 0.0922. The second kappa shape index (κ2) is 5.68. The fourth-order valence-corrected chi connectivity index (χ4v) is 3.64. The van der Waals surface area contributed by atoms with Crippen LogP contribution in [0.4, 0.5) is 5.69 Å². The fraction of sp³-hybridized carbons (Fsp3) is 0.471. The van der Waals surface area contributed by atoms with E-state index in [0.717, 1.165) is 23.3 Å². The Bertz CT molecular complexity index is 646. The smallest absolute Gasteiger partial charge is 0.314 e. The Morgan fingerprint density at radius 3 is 2.22 bits per heavy atom. The van der Waals surface area contributed by atoms with Crippen molar-refractivity contribution in [3.8, 4) is 0 Å². The van der Waals surface area contributed by atoms with Gasteiger partial charge in [-0.3, -0.25) is 19.3 Å². The highest BCUT2D eigenvalue weighted by Crippen LogP contribution is 2.45. The molecule has 0 bridgehead atoms. The Morgan fingerprint density at radius 2 is 1.65 bits per heavy atom. The molecule has 1 heterocycles. The zero-order valence-corrected chi connectivity index (χ0v) is 13.1. The predicted octanol–water partition coefficient (Wildman–Crippen LogP) is 1.39. The number of amides is 2. The first-order valence-electron chi connectivity index (χ1n) is 7.83. The lowest BCUT2D eigenvalue weighted by Gasteiger charge is -2.36. The molecule has 0 atom stereocenters. The Balaban J connectivity index is 2.03. The van der Waals surface area contributed by atoms with Crippen LogP contribution < -0.4 is 4.90 Å². The Labute approximate surface area is 134 Å². The number of aliphatic carboxylic acids is 1. The van der Waals surface area contributed by atoms with Gasteiger partial charge in [0.25, 0.3) is 0 Å². The lowest BCUT2D eigenvalue weighted by atomic mass is 9.77. The van der Waals surface area contributed by atoms with E-state index >= 15 is 0 Å². The SMILES string of the molecule is CN1C(=O)CN(c2ccccc2C2(C(=O)O)CCCC2)CC1=O. The number of rotatable bonds is 3. The lowest BCUT2D eigenvalue weighted by molar-refractivity contribution is -0.144. The number of imide groups is 1. The molecular weight excluding hydrogens is 296 g/mol. The normalized spacial score (nSPS) is 20.9. The number of likely N-dealkylation sites (N-methyl/N-ethyl adjacent to an activating group) is 1. The second-order valence-corrected chi connectivity index (χ2v) is 6.31. The number of para-hydroxylation sites is 1. The number of nitrogens with zero attached hydrogens (tertiary/aromatic N) is 2. The molecular formula is C17H20N2O4. The van der Waals surface area contributed by atoms with Crippen molar-refractivity contribution < 1.29 is 19.5 Å². The van der Waals surface area contributed by atoms with Crippen molar-refractivity contribution in [1.29, 1.82) is 0 Å². The highest BCUT2D eigenvalue weighted by molar-refractivity contribution is 6.02. The van der Waals surface area contributed by atoms with Gasteiger partial charge in [-0.15, -0.1) is 0 Å². The number of carbonyl (C=O) groups is 3. The van der Waals surface area contributed by atoms with Gasteiger partial charge in [0.05, 0.1) is 18.5 Å². The first-order chi connectivity index (χ1) is 11.0. The lowest BCUT2D eigenvalue weighted by Crippen LogP contribution is -2.53. The van der Waals surface area contributed by atoms with Gasteiger partial charge < -0.3 is 10.0 Å². The summed E-state index contributed by atoms with van der Waals surface area (Å²) in [6, 6.07) is 7.27. The number of carboxylic acid groups (broad SMARTS) is 1. The first-order valence-corrected chi connectivity index (χ1v) is 7.83. The number of hydrogen-bond acceptors (Lipinski definition) is 4. The molecule has 3 rings (SSSR count). The molecule has 1 aromatic rings. The average Bonchev–Trinajstić information content (AvgIpc) is 3.03. The van der Waals surface area contributed by atoms with Crippen LogP contribution in [0.2, 0.25) is 0 Å². The number of anilines is 1. The molecule has 0 radical (unpaired) electrons. The van der Waals surface area contributed by atoms with Crippen molar-refractivity contribution in [3.63, 3.8) is 0 Å². The van der Waals surface area contributed by atoms with Crippen molar-refractivity contribution in [3.05, 3.63) is 29.8 Å². The molecule has 6 heteroatoms. The van der Waals surface area contributed by atoms with Crippen LogP contribution in [0.25, 0.3) is 0 Å². The van der Waals surface area contributed by atoms with Crippen LogP contribution in [0.3, 0.4) is 0 Å². The first kappa shape index (κ1) is 15.5. The van der Waals surface area contributed by atoms with E-state index in [0.29, 0.717) is 18.5 Å². The molecule has 23 heavy (non-hydrogen) atoms. The third-order valence-corrected chi connectivity index (χ3v) is 5.03. The van der Waals surface area contributed by atoms with Gasteiger partial charge in [-0.2, -0.15) is 0 Å². The number of piperazine rings is 1. The second-order valence-electron chi connectivity index (χ2n) is 6.31. The molecule has 1 saturated carbocycles. The average molecular weight is 316 g/mol. The monoisotopic (exact) mass is 316 g/mol. The van der Waals surface area contributed by atoms with Gasteiger partial charge in [-0.05, 0) is 24.5 Å². The number of carboxylic acids is 1. The molecule has 1 aliphatic heterocycles. The summed E-state index contributed by atoms with van der Waals surface area (Å²) in [5, 5.41) is 9.83. The maximum Gasteiger partial charge on any atom is 0.314 e. The van der Waals surface area contributed by atoms with Gasteiger partial charge in [-0.25, -0.2) is 0 Å². The topological polar surface area (TPSA) is 77.9 Å². The molecule has 6 nitrogen and oxygen atoms in total. The van der Waals surface area contributed by atoms with Crippen molar-refractivity contribution in [2.45, 2.75) is 31.1 Å². The molecule has 122 valence electrons. The predicted molar refractivity (Wildman–Crippen MR) is 84.2 cm³/mol. The largest absolute Gasteiger partial charge is 0.481 e. The molecule has 2 fully saturated rings. The van der Waals surface area contributed by atoms with E-state index in [2.05, 4.69) is 0 Å². The van der Waals surface area contributed by atoms with Crippen LogP contribution in [0.5, 0.6) is 0 Å². The molecule has 1 saturated heterocycles. The summed E-state index contributed by atoms with van der Waals surface area (Å²) >= 11 is 0. The van der Waals surface area contributed by atoms with E-state index in [1.807, 2.05) is 24.3 Å². The summed E-state index contributed by atoms with van der Waals surface area (Å²) in [6.45, 7) is 0.184. The van der Waals surface area contributed by atoms with Crippen LogP contribution in [-0.4, -0.2) is 47.9 Å². The van der Waals surface area contributed by atoms with E-state index in [-0.39, 0.29) is 24.9 Å². The number of carbonyl (C=O) groups excluding carboxylic acids is 2. The van der Waals surface area contributed by atoms with Crippen molar-refractivity contribution >= 4 is 23.5 Å². The van der Waals surface area contributed by atoms with Gasteiger partial charge in [0, 0.05) is 12.7 Å². The minimum atomic E-state index is -0.911. The van der Waals surface area contributed by atoms with Gasteiger partial charge in [0.1, 0.15) is 0 Å². The van der Waals surface area contributed by atoms with Crippen LogP contribution >= 0.6 is 0 Å². The zero-order valence-electron chi connectivity index (χ0n) is 13.1. The van der Waals surface area contributed by atoms with Gasteiger partial charge >= 0.3 is 5.97 Å². The molecule has 1 aliphatic carbocycles. The molecule has 1 N–H and O–H groups in total. The standard InChI is InChI=1S/C17H20N2O4/c1-18-14(20)10-19(11-15(18)21)13-7-3-2-6-12(13)17(16(22)23)8-4-5-9-17/h2-3,6-7H,4-5,8-11H2,1H3,(H,22,23). The van der Waals surface area contributed by atoms with Gasteiger partial charge in [-0.1, -0.05) is 31.0 Å². The minimum Gasteiger partial charge on any atom is -0.481 e. The van der Waals surface area contributed by atoms with Crippen LogP contribution in [-0.2, 0) is 19.8 Å². The van der Waals surface area contributed by atoms with Crippen molar-refractivity contribution in [2.24, 2.45) is 0 Å². The quantitative estimate of drug-likeness (QED) is 0.853. The molecule has 2 amide bonds. The molecule has 0 unspecified atom stereocenters. The maximum absolute atomic E-state index is 12.0. The van der Waals surface area contributed by atoms with E-state index in [9.17, 15) is 19.5 Å². The highest BCUT2D eigenvalue weighted by atomic mass is 16.4. The van der Waals surface area contributed by atoms with E-state index in [1.54, 1.807) is 4.90 Å². The molecule has 1 aromatic carbocycles. The number of hydrogen-bond donors (Lipinski definition) is 1. The van der Waals surface area contributed by atoms with E-state index < -0.39 is 11.4 Å². The summed E-state index contributed by atoms with van der Waals surface area (Å²) in [5.41, 5.74) is 0.494. The van der Waals surface area contributed by atoms with Crippen LogP contribution in [0.15, 0.2) is 24.3 Å². The van der Waals surface area contributed by atoms with Crippen molar-refractivity contribution in [2.75, 3.05) is 25.0 Å². The zero-order chi connectivity index (χ0) is 16.6. The van der Waals surface area contributed by atoms with Crippen LogP contribution in [0.1, 0.15) is 31.2 Å². The third-order valence-electron chi connectivity index (χ3n) is 5.03. The van der Waals surface area contributed by atoms with E-state index in [4.69, 9.17) is 0 Å². The summed E-state index contributed by atoms with van der Waals surface area (Å²) < 4.78 is 0. The molecule has 0 aromatic heterocycles. The third kappa shape index (κ3) is 2.48. The Morgan fingerprint density at radius 1 is 1.09 bits per heavy atom. The maximum atomic E-state index is 12.0. The summed E-state index contributed by atoms with van der Waals surface area (Å²) in [5.74, 6) is -1.37. The highest BCUT2D eigenvalue weighted by Gasteiger charge is 2.45.